The number of amides is 1. The number of nitrogen functional groups attached to an aromatic ring is 1. The van der Waals surface area contributed by atoms with Crippen molar-refractivity contribution < 1.29 is 4.79 Å². The van der Waals surface area contributed by atoms with Gasteiger partial charge in [0.2, 0.25) is 5.91 Å². The lowest BCUT2D eigenvalue weighted by molar-refractivity contribution is -0.127. The molecule has 0 aliphatic rings. The summed E-state index contributed by atoms with van der Waals surface area (Å²) in [6.07, 6.45) is 0. The quantitative estimate of drug-likeness (QED) is 0.860. The Hall–Kier alpha value is -1.53. The van der Waals surface area contributed by atoms with Gasteiger partial charge in [-0.05, 0) is 25.0 Å². The monoisotopic (exact) mass is 321 g/mol. The maximum atomic E-state index is 12.2. The van der Waals surface area contributed by atoms with Crippen LogP contribution in [0.3, 0.4) is 0 Å². The third kappa shape index (κ3) is 4.22. The second kappa shape index (κ2) is 6.95. The van der Waals surface area contributed by atoms with Crippen molar-refractivity contribution in [3.05, 3.63) is 41.1 Å². The molecule has 0 unspecified atom stereocenters. The Bertz CT molecular complexity index is 640. The van der Waals surface area contributed by atoms with E-state index in [1.54, 1.807) is 4.90 Å². The van der Waals surface area contributed by atoms with E-state index in [9.17, 15) is 4.79 Å². The fraction of sp³-hybridized carbons (Fsp3) is 0.333. The standard InChI is InChI=1S/C15H19N3OS2/c1-10-6-4-5-7-12(10)8-18(3)13(19)9-20-14-11(2)17-15(16)21-14/h4-7H,8-9H2,1-3H3,(H2,16,17). The molecule has 4 nitrogen and oxygen atoms in total. The van der Waals surface area contributed by atoms with Crippen LogP contribution in [-0.2, 0) is 11.3 Å². The second-order valence-corrected chi connectivity index (χ2v) is 7.16. The minimum Gasteiger partial charge on any atom is -0.375 e. The Morgan fingerprint density at radius 2 is 2.10 bits per heavy atom. The summed E-state index contributed by atoms with van der Waals surface area (Å²) in [6, 6.07) is 8.12. The van der Waals surface area contributed by atoms with Gasteiger partial charge in [0.15, 0.2) is 5.13 Å². The summed E-state index contributed by atoms with van der Waals surface area (Å²) >= 11 is 2.94. The Morgan fingerprint density at radius 1 is 1.38 bits per heavy atom. The molecule has 0 saturated heterocycles. The molecule has 112 valence electrons. The average molecular weight is 321 g/mol. The van der Waals surface area contributed by atoms with Crippen molar-refractivity contribution in [2.75, 3.05) is 18.5 Å². The van der Waals surface area contributed by atoms with Crippen molar-refractivity contribution in [3.63, 3.8) is 0 Å². The van der Waals surface area contributed by atoms with Crippen molar-refractivity contribution in [3.8, 4) is 0 Å². The number of thiazole rings is 1. The SMILES string of the molecule is Cc1ccccc1CN(C)C(=O)CSc1sc(N)nc1C. The van der Waals surface area contributed by atoms with E-state index in [0.29, 0.717) is 17.4 Å². The van der Waals surface area contributed by atoms with E-state index < -0.39 is 0 Å². The van der Waals surface area contributed by atoms with Gasteiger partial charge in [0.05, 0.1) is 15.7 Å². The lowest BCUT2D eigenvalue weighted by Gasteiger charge is -2.18. The lowest BCUT2D eigenvalue weighted by atomic mass is 10.1. The van der Waals surface area contributed by atoms with Crippen LogP contribution in [0.25, 0.3) is 0 Å². The van der Waals surface area contributed by atoms with Crippen LogP contribution in [0.2, 0.25) is 0 Å². The molecule has 0 saturated carbocycles. The number of aromatic nitrogens is 1. The van der Waals surface area contributed by atoms with Crippen molar-refractivity contribution >= 4 is 34.1 Å². The molecule has 0 spiro atoms. The number of carbonyl (C=O) groups excluding carboxylic acids is 1. The molecule has 0 bridgehead atoms. The van der Waals surface area contributed by atoms with Gasteiger partial charge < -0.3 is 10.6 Å². The van der Waals surface area contributed by atoms with Crippen molar-refractivity contribution in [2.24, 2.45) is 0 Å². The summed E-state index contributed by atoms with van der Waals surface area (Å²) in [5, 5.41) is 0.552. The molecule has 1 aromatic carbocycles. The molecule has 1 heterocycles. The maximum absolute atomic E-state index is 12.2. The number of hydrogen-bond donors (Lipinski definition) is 1. The van der Waals surface area contributed by atoms with Crippen molar-refractivity contribution in [1.82, 2.24) is 9.88 Å². The molecule has 0 aliphatic heterocycles. The first-order valence-corrected chi connectivity index (χ1v) is 8.41. The molecule has 1 amide bonds. The van der Waals surface area contributed by atoms with E-state index in [4.69, 9.17) is 5.73 Å². The highest BCUT2D eigenvalue weighted by atomic mass is 32.2. The molecule has 2 aromatic rings. The van der Waals surface area contributed by atoms with Crippen LogP contribution in [-0.4, -0.2) is 28.6 Å². The highest BCUT2D eigenvalue weighted by molar-refractivity contribution is 8.01. The van der Waals surface area contributed by atoms with Gasteiger partial charge in [0, 0.05) is 13.6 Å². The van der Waals surface area contributed by atoms with Gasteiger partial charge in [0.25, 0.3) is 0 Å². The number of hydrogen-bond acceptors (Lipinski definition) is 5. The van der Waals surface area contributed by atoms with E-state index in [1.165, 1.54) is 34.2 Å². The second-order valence-electron chi connectivity index (χ2n) is 4.89. The zero-order chi connectivity index (χ0) is 15.4. The van der Waals surface area contributed by atoms with Gasteiger partial charge in [-0.25, -0.2) is 4.98 Å². The van der Waals surface area contributed by atoms with Gasteiger partial charge in [-0.2, -0.15) is 0 Å². The first-order chi connectivity index (χ1) is 9.97. The van der Waals surface area contributed by atoms with Crippen LogP contribution in [0.1, 0.15) is 16.8 Å². The van der Waals surface area contributed by atoms with Crippen LogP contribution in [0, 0.1) is 13.8 Å². The van der Waals surface area contributed by atoms with Crippen LogP contribution in [0.4, 0.5) is 5.13 Å². The summed E-state index contributed by atoms with van der Waals surface area (Å²) in [6.45, 7) is 4.61. The predicted octanol–water partition coefficient (Wildman–Crippen LogP) is 3.09. The number of rotatable bonds is 5. The molecular weight excluding hydrogens is 302 g/mol. The van der Waals surface area contributed by atoms with Crippen LogP contribution >= 0.6 is 23.1 Å². The number of benzene rings is 1. The largest absolute Gasteiger partial charge is 0.375 e. The summed E-state index contributed by atoms with van der Waals surface area (Å²) in [4.78, 5) is 18.1. The number of nitrogens with two attached hydrogens (primary N) is 1. The van der Waals surface area contributed by atoms with Crippen LogP contribution in [0.15, 0.2) is 28.5 Å². The summed E-state index contributed by atoms with van der Waals surface area (Å²) in [7, 11) is 1.84. The fourth-order valence-corrected chi connectivity index (χ4v) is 3.87. The zero-order valence-corrected chi connectivity index (χ0v) is 14.1. The summed E-state index contributed by atoms with van der Waals surface area (Å²) < 4.78 is 1.02. The van der Waals surface area contributed by atoms with Gasteiger partial charge in [-0.1, -0.05) is 35.6 Å². The van der Waals surface area contributed by atoms with Crippen molar-refractivity contribution in [1.29, 1.82) is 0 Å². The predicted molar refractivity (Wildman–Crippen MR) is 89.6 cm³/mol. The van der Waals surface area contributed by atoms with Crippen LogP contribution < -0.4 is 5.73 Å². The minimum atomic E-state index is 0.106. The number of aryl methyl sites for hydroxylation is 2. The van der Waals surface area contributed by atoms with E-state index in [0.717, 1.165) is 9.90 Å². The van der Waals surface area contributed by atoms with Crippen molar-refractivity contribution in [2.45, 2.75) is 24.6 Å². The van der Waals surface area contributed by atoms with E-state index in [2.05, 4.69) is 24.0 Å². The molecule has 2 N–H and O–H groups in total. The molecule has 0 aliphatic carbocycles. The van der Waals surface area contributed by atoms with E-state index in [-0.39, 0.29) is 5.91 Å². The molecule has 6 heteroatoms. The number of anilines is 1. The van der Waals surface area contributed by atoms with E-state index in [1.807, 2.05) is 26.1 Å². The Balaban J connectivity index is 1.91. The molecule has 1 aromatic heterocycles. The highest BCUT2D eigenvalue weighted by Crippen LogP contribution is 2.30. The van der Waals surface area contributed by atoms with Gasteiger partial charge in [0.1, 0.15) is 0 Å². The average Bonchev–Trinajstić information content (AvgIpc) is 2.76. The highest BCUT2D eigenvalue weighted by Gasteiger charge is 2.13. The van der Waals surface area contributed by atoms with Gasteiger partial charge in [-0.3, -0.25) is 4.79 Å². The number of thioether (sulfide) groups is 1. The molecular formula is C15H19N3OS2. The molecule has 2 rings (SSSR count). The van der Waals surface area contributed by atoms with Crippen LogP contribution in [0.5, 0.6) is 0 Å². The molecule has 0 radical (unpaired) electrons. The summed E-state index contributed by atoms with van der Waals surface area (Å²) in [5.74, 6) is 0.514. The zero-order valence-electron chi connectivity index (χ0n) is 12.4. The smallest absolute Gasteiger partial charge is 0.233 e. The molecule has 0 atom stereocenters. The Kier molecular flexibility index (Phi) is 5.25. The lowest BCUT2D eigenvalue weighted by Crippen LogP contribution is -2.28. The Labute approximate surface area is 133 Å². The van der Waals surface area contributed by atoms with Gasteiger partial charge >= 0.3 is 0 Å². The maximum Gasteiger partial charge on any atom is 0.233 e. The normalized spacial score (nSPS) is 10.6. The number of carbonyl (C=O) groups is 1. The first kappa shape index (κ1) is 15.9. The fourth-order valence-electron chi connectivity index (χ4n) is 1.91. The van der Waals surface area contributed by atoms with Gasteiger partial charge in [-0.15, -0.1) is 11.8 Å². The Morgan fingerprint density at radius 3 is 2.71 bits per heavy atom. The molecule has 21 heavy (non-hydrogen) atoms. The summed E-state index contributed by atoms with van der Waals surface area (Å²) in [5.41, 5.74) is 8.94. The third-order valence-corrected chi connectivity index (χ3v) is 5.53. The molecule has 0 fully saturated rings. The van der Waals surface area contributed by atoms with E-state index >= 15 is 0 Å². The number of nitrogens with zero attached hydrogens (tertiary/aromatic N) is 2. The topological polar surface area (TPSA) is 59.2 Å². The first-order valence-electron chi connectivity index (χ1n) is 6.61. The third-order valence-electron chi connectivity index (χ3n) is 3.19. The minimum absolute atomic E-state index is 0.106.